The number of nitrogens with two attached hydrogens (primary N) is 1. The second-order valence-corrected chi connectivity index (χ2v) is 15.7. The van der Waals surface area contributed by atoms with Crippen molar-refractivity contribution in [2.24, 2.45) is 5.41 Å². The molecule has 3 aromatic rings. The van der Waals surface area contributed by atoms with Crippen LogP contribution >= 0.6 is 0 Å². The SMILES string of the molecule is CC(C)(C)C(CCN(C[C@H](O)c1ccc(N)cc1)C(=O)O)c1ccc(-c2ccc(C(=O)NS(=O)(=O)CCCO)c(C3CCCC3)c2)cc1. The molecule has 0 aromatic heterocycles. The monoisotopic (exact) mass is 679 g/mol. The number of nitrogen functional groups attached to an aromatic ring is 1. The molecule has 0 aliphatic heterocycles. The van der Waals surface area contributed by atoms with Crippen LogP contribution in [0.5, 0.6) is 0 Å². The largest absolute Gasteiger partial charge is 0.465 e. The molecule has 2 atom stereocenters. The van der Waals surface area contributed by atoms with E-state index in [2.05, 4.69) is 37.6 Å². The highest BCUT2D eigenvalue weighted by Crippen LogP contribution is 2.40. The van der Waals surface area contributed by atoms with Gasteiger partial charge in [0.25, 0.3) is 5.91 Å². The van der Waals surface area contributed by atoms with E-state index < -0.39 is 28.1 Å². The molecule has 48 heavy (non-hydrogen) atoms. The Kier molecular flexibility index (Phi) is 12.3. The fourth-order valence-corrected chi connectivity index (χ4v) is 7.62. The predicted octanol–water partition coefficient (Wildman–Crippen LogP) is 6.27. The van der Waals surface area contributed by atoms with Gasteiger partial charge in [0.1, 0.15) is 0 Å². The number of carboxylic acid groups (broad SMARTS) is 1. The Bertz CT molecular complexity index is 1650. The van der Waals surface area contributed by atoms with E-state index in [0.717, 1.165) is 47.9 Å². The quantitative estimate of drug-likeness (QED) is 0.124. The van der Waals surface area contributed by atoms with Crippen LogP contribution in [0.3, 0.4) is 0 Å². The van der Waals surface area contributed by atoms with Gasteiger partial charge in [0.2, 0.25) is 10.0 Å². The summed E-state index contributed by atoms with van der Waals surface area (Å²) in [4.78, 5) is 26.6. The molecule has 1 aliphatic carbocycles. The van der Waals surface area contributed by atoms with Crippen LogP contribution in [0.15, 0.2) is 66.7 Å². The maximum absolute atomic E-state index is 13.1. The number of sulfonamides is 1. The summed E-state index contributed by atoms with van der Waals surface area (Å²) in [6.07, 6.45) is 2.49. The Morgan fingerprint density at radius 3 is 2.15 bits per heavy atom. The second kappa shape index (κ2) is 16.0. The topological polar surface area (TPSA) is 170 Å². The van der Waals surface area contributed by atoms with Crippen LogP contribution in [0.2, 0.25) is 0 Å². The van der Waals surface area contributed by atoms with Crippen molar-refractivity contribution in [1.82, 2.24) is 9.62 Å². The maximum atomic E-state index is 13.1. The van der Waals surface area contributed by atoms with Gasteiger partial charge in [-0.15, -0.1) is 0 Å². The van der Waals surface area contributed by atoms with Crippen molar-refractivity contribution in [2.45, 2.75) is 77.2 Å². The molecule has 0 spiro atoms. The van der Waals surface area contributed by atoms with Gasteiger partial charge in [0.15, 0.2) is 0 Å². The van der Waals surface area contributed by atoms with E-state index in [1.807, 2.05) is 24.3 Å². The van der Waals surface area contributed by atoms with E-state index in [9.17, 15) is 28.2 Å². The van der Waals surface area contributed by atoms with E-state index in [0.29, 0.717) is 23.2 Å². The van der Waals surface area contributed by atoms with Crippen LogP contribution in [0, 0.1) is 5.41 Å². The molecule has 3 aromatic carbocycles. The lowest BCUT2D eigenvalue weighted by molar-refractivity contribution is 0.0928. The molecule has 1 aliphatic rings. The van der Waals surface area contributed by atoms with Crippen LogP contribution in [0.25, 0.3) is 11.1 Å². The highest BCUT2D eigenvalue weighted by Gasteiger charge is 2.29. The van der Waals surface area contributed by atoms with Crippen molar-refractivity contribution in [3.8, 4) is 11.1 Å². The molecule has 1 unspecified atom stereocenters. The molecule has 1 saturated carbocycles. The zero-order chi connectivity index (χ0) is 35.1. The van der Waals surface area contributed by atoms with Gasteiger partial charge in [-0.05, 0) is 89.0 Å². The summed E-state index contributed by atoms with van der Waals surface area (Å²) in [6, 6.07) is 20.5. The van der Waals surface area contributed by atoms with E-state index in [1.54, 1.807) is 30.3 Å². The number of carbonyl (C=O) groups is 2. The van der Waals surface area contributed by atoms with Crippen molar-refractivity contribution in [1.29, 1.82) is 0 Å². The van der Waals surface area contributed by atoms with Crippen molar-refractivity contribution < 1.29 is 33.3 Å². The Hall–Kier alpha value is -3.93. The molecule has 4 rings (SSSR count). The number of hydrogen-bond acceptors (Lipinski definition) is 7. The Morgan fingerprint density at radius 1 is 0.958 bits per heavy atom. The molecule has 0 heterocycles. The molecular formula is C37H49N3O7S. The molecule has 6 N–H and O–H groups in total. The van der Waals surface area contributed by atoms with E-state index in [4.69, 9.17) is 10.8 Å². The summed E-state index contributed by atoms with van der Waals surface area (Å²) in [5, 5.41) is 29.7. The standard InChI is InChI=1S/C37H49N3O7S/c1-37(2,3)33(19-20-40(36(44)45)24-34(42)28-13-16-30(38)17-14-28)27-11-9-25(10-12-27)29-15-18-31(32(23-29)26-7-4-5-8-26)35(43)39-48(46,47)22-6-21-41/h9-18,23,26,33-34,41-42H,4-8,19-22,24,38H2,1-3H3,(H,39,43)(H,44,45)/t33?,34-/m0/s1. The fourth-order valence-electron chi connectivity index (χ4n) is 6.62. The summed E-state index contributed by atoms with van der Waals surface area (Å²) in [5.74, 6) is -0.796. The number of carbonyl (C=O) groups excluding carboxylic acids is 1. The minimum absolute atomic E-state index is 0.0231. The van der Waals surface area contributed by atoms with Gasteiger partial charge in [0.05, 0.1) is 18.4 Å². The molecule has 0 bridgehead atoms. The average molecular weight is 680 g/mol. The van der Waals surface area contributed by atoms with Gasteiger partial charge in [-0.1, -0.05) is 82.1 Å². The molecule has 1 fully saturated rings. The molecule has 10 nitrogen and oxygen atoms in total. The highest BCUT2D eigenvalue weighted by molar-refractivity contribution is 7.90. The van der Waals surface area contributed by atoms with Crippen LogP contribution in [-0.4, -0.2) is 66.1 Å². The van der Waals surface area contributed by atoms with Gasteiger partial charge in [0, 0.05) is 24.4 Å². The highest BCUT2D eigenvalue weighted by atomic mass is 32.2. The van der Waals surface area contributed by atoms with Gasteiger partial charge in [-0.2, -0.15) is 0 Å². The summed E-state index contributed by atoms with van der Waals surface area (Å²) in [5.41, 5.74) is 10.9. The Balaban J connectivity index is 1.53. The molecule has 0 saturated heterocycles. The number of anilines is 1. The van der Waals surface area contributed by atoms with E-state index >= 15 is 0 Å². The normalized spacial score (nSPS) is 15.2. The Morgan fingerprint density at radius 2 is 1.56 bits per heavy atom. The smallest absolute Gasteiger partial charge is 0.407 e. The van der Waals surface area contributed by atoms with Gasteiger partial charge >= 0.3 is 6.09 Å². The maximum Gasteiger partial charge on any atom is 0.407 e. The second-order valence-electron chi connectivity index (χ2n) is 13.9. The molecular weight excluding hydrogens is 630 g/mol. The van der Waals surface area contributed by atoms with Crippen LogP contribution in [-0.2, 0) is 10.0 Å². The zero-order valence-electron chi connectivity index (χ0n) is 28.1. The molecule has 11 heteroatoms. The van der Waals surface area contributed by atoms with Crippen molar-refractivity contribution >= 4 is 27.7 Å². The third kappa shape index (κ3) is 9.81. The minimum atomic E-state index is -3.87. The zero-order valence-corrected chi connectivity index (χ0v) is 28.9. The number of aliphatic hydroxyl groups excluding tert-OH is 2. The van der Waals surface area contributed by atoms with Crippen molar-refractivity contribution in [2.75, 3.05) is 31.2 Å². The molecule has 260 valence electrons. The summed E-state index contributed by atoms with van der Waals surface area (Å²) in [6.45, 7) is 6.30. The lowest BCUT2D eigenvalue weighted by Gasteiger charge is -2.33. The molecule has 0 radical (unpaired) electrons. The first-order chi connectivity index (χ1) is 22.7. The fraction of sp³-hybridized carbons (Fsp3) is 0.459. The first-order valence-electron chi connectivity index (χ1n) is 16.6. The lowest BCUT2D eigenvalue weighted by Crippen LogP contribution is -2.36. The average Bonchev–Trinajstić information content (AvgIpc) is 3.58. The number of benzene rings is 3. The minimum Gasteiger partial charge on any atom is -0.465 e. The van der Waals surface area contributed by atoms with Crippen LogP contribution in [0.4, 0.5) is 10.5 Å². The van der Waals surface area contributed by atoms with Gasteiger partial charge < -0.3 is 26.0 Å². The first kappa shape index (κ1) is 36.9. The first-order valence-corrected chi connectivity index (χ1v) is 18.2. The Labute approximate surface area is 284 Å². The lowest BCUT2D eigenvalue weighted by atomic mass is 9.74. The number of rotatable bonds is 14. The van der Waals surface area contributed by atoms with Crippen molar-refractivity contribution in [3.63, 3.8) is 0 Å². The number of nitrogens with one attached hydrogen (secondary N) is 1. The third-order valence-electron chi connectivity index (χ3n) is 9.28. The number of nitrogens with zero attached hydrogens (tertiary/aromatic N) is 1. The summed E-state index contributed by atoms with van der Waals surface area (Å²) >= 11 is 0. The van der Waals surface area contributed by atoms with Gasteiger partial charge in [-0.25, -0.2) is 17.9 Å². The van der Waals surface area contributed by atoms with Gasteiger partial charge in [-0.3, -0.25) is 4.79 Å². The number of hydrogen-bond donors (Lipinski definition) is 5. The number of amides is 2. The van der Waals surface area contributed by atoms with E-state index in [-0.39, 0.29) is 49.1 Å². The van der Waals surface area contributed by atoms with Crippen molar-refractivity contribution in [3.05, 3.63) is 89.0 Å². The summed E-state index contributed by atoms with van der Waals surface area (Å²) in [7, 11) is -3.87. The third-order valence-corrected chi connectivity index (χ3v) is 10.6. The van der Waals surface area contributed by atoms with Crippen LogP contribution < -0.4 is 10.5 Å². The number of aliphatic hydroxyl groups is 2. The molecule has 2 amide bonds. The predicted molar refractivity (Wildman–Crippen MR) is 188 cm³/mol. The summed E-state index contributed by atoms with van der Waals surface area (Å²) < 4.78 is 27.0. The van der Waals surface area contributed by atoms with Crippen LogP contribution in [0.1, 0.15) is 104 Å². The van der Waals surface area contributed by atoms with E-state index in [1.165, 1.54) is 4.90 Å².